The van der Waals surface area contributed by atoms with E-state index in [1.807, 2.05) is 0 Å². The molecular weight excluding hydrogens is 246 g/mol. The zero-order chi connectivity index (χ0) is 13.8. The van der Waals surface area contributed by atoms with E-state index in [4.69, 9.17) is 5.26 Å². The average Bonchev–Trinajstić information content (AvgIpc) is 3.09. The van der Waals surface area contributed by atoms with Crippen molar-refractivity contribution in [3.8, 4) is 6.07 Å². The summed E-state index contributed by atoms with van der Waals surface area (Å²) in [6, 6.07) is 14.3. The first-order valence-electron chi connectivity index (χ1n) is 7.77. The lowest BCUT2D eigenvalue weighted by Gasteiger charge is -2.34. The van der Waals surface area contributed by atoms with Crippen LogP contribution in [0.4, 0.5) is 0 Å². The molecule has 106 valence electrons. The Balaban J connectivity index is 1.68. The van der Waals surface area contributed by atoms with Crippen molar-refractivity contribution in [2.75, 3.05) is 19.6 Å². The van der Waals surface area contributed by atoms with E-state index in [0.717, 1.165) is 13.1 Å². The van der Waals surface area contributed by atoms with Gasteiger partial charge in [-0.1, -0.05) is 30.3 Å². The third-order valence-corrected chi connectivity index (χ3v) is 4.77. The number of benzene rings is 1. The fourth-order valence-electron chi connectivity index (χ4n) is 3.88. The van der Waals surface area contributed by atoms with E-state index < -0.39 is 0 Å². The lowest BCUT2D eigenvalue weighted by molar-refractivity contribution is 0.138. The molecule has 2 saturated heterocycles. The molecule has 0 radical (unpaired) electrons. The van der Waals surface area contributed by atoms with Gasteiger partial charge in [0.1, 0.15) is 0 Å². The van der Waals surface area contributed by atoms with Gasteiger partial charge in [0.15, 0.2) is 0 Å². The van der Waals surface area contributed by atoms with Crippen LogP contribution in [-0.2, 0) is 6.54 Å². The second-order valence-electron chi connectivity index (χ2n) is 6.00. The van der Waals surface area contributed by atoms with Crippen LogP contribution < -0.4 is 0 Å². The molecule has 0 saturated carbocycles. The van der Waals surface area contributed by atoms with Gasteiger partial charge in [-0.3, -0.25) is 9.80 Å². The van der Waals surface area contributed by atoms with Crippen LogP contribution in [-0.4, -0.2) is 41.5 Å². The number of rotatable bonds is 4. The van der Waals surface area contributed by atoms with Gasteiger partial charge in [0.25, 0.3) is 0 Å². The average molecular weight is 269 g/mol. The van der Waals surface area contributed by atoms with Crippen molar-refractivity contribution >= 4 is 0 Å². The van der Waals surface area contributed by atoms with E-state index in [-0.39, 0.29) is 0 Å². The predicted octanol–water partition coefficient (Wildman–Crippen LogP) is 2.64. The van der Waals surface area contributed by atoms with Gasteiger partial charge >= 0.3 is 0 Å². The van der Waals surface area contributed by atoms with Crippen LogP contribution in [0, 0.1) is 11.3 Å². The van der Waals surface area contributed by atoms with Crippen LogP contribution in [0.3, 0.4) is 0 Å². The van der Waals surface area contributed by atoms with Gasteiger partial charge in [-0.05, 0) is 44.3 Å². The Morgan fingerprint density at radius 2 is 1.65 bits per heavy atom. The molecule has 1 aromatic rings. The molecule has 2 aliphatic heterocycles. The molecule has 3 nitrogen and oxygen atoms in total. The zero-order valence-electron chi connectivity index (χ0n) is 12.0. The Morgan fingerprint density at radius 1 is 1.00 bits per heavy atom. The van der Waals surface area contributed by atoms with Crippen molar-refractivity contribution in [1.29, 1.82) is 5.26 Å². The quantitative estimate of drug-likeness (QED) is 0.787. The summed E-state index contributed by atoms with van der Waals surface area (Å²) in [6.45, 7) is 3.97. The lowest BCUT2D eigenvalue weighted by Crippen LogP contribution is -2.45. The number of nitrogens with zero attached hydrogens (tertiary/aromatic N) is 3. The Bertz CT molecular complexity index is 465. The summed E-state index contributed by atoms with van der Waals surface area (Å²) in [7, 11) is 0. The Hall–Kier alpha value is -1.37. The Morgan fingerprint density at radius 3 is 2.35 bits per heavy atom. The molecule has 0 amide bonds. The molecule has 0 N–H and O–H groups in total. The highest BCUT2D eigenvalue weighted by Crippen LogP contribution is 2.30. The maximum absolute atomic E-state index is 8.98. The van der Waals surface area contributed by atoms with Gasteiger partial charge in [0.2, 0.25) is 0 Å². The number of likely N-dealkylation sites (tertiary alicyclic amines) is 2. The van der Waals surface area contributed by atoms with Crippen LogP contribution in [0.1, 0.15) is 31.2 Å². The first-order valence-corrected chi connectivity index (χ1v) is 7.77. The minimum absolute atomic E-state index is 0.598. The normalized spacial score (nSPS) is 27.8. The molecule has 3 rings (SSSR count). The highest BCUT2D eigenvalue weighted by Gasteiger charge is 2.37. The van der Waals surface area contributed by atoms with Crippen LogP contribution >= 0.6 is 0 Å². The van der Waals surface area contributed by atoms with E-state index in [2.05, 4.69) is 46.2 Å². The van der Waals surface area contributed by atoms with Crippen molar-refractivity contribution in [2.45, 2.75) is 44.3 Å². The van der Waals surface area contributed by atoms with E-state index >= 15 is 0 Å². The summed E-state index contributed by atoms with van der Waals surface area (Å²) in [6.07, 6.45) is 5.10. The van der Waals surface area contributed by atoms with Crippen molar-refractivity contribution in [2.24, 2.45) is 0 Å². The predicted molar refractivity (Wildman–Crippen MR) is 80.1 cm³/mol. The van der Waals surface area contributed by atoms with Gasteiger partial charge in [0.05, 0.1) is 12.6 Å². The second kappa shape index (κ2) is 6.39. The number of hydrogen-bond acceptors (Lipinski definition) is 3. The zero-order valence-corrected chi connectivity index (χ0v) is 12.0. The molecule has 1 aromatic carbocycles. The van der Waals surface area contributed by atoms with E-state index in [0.29, 0.717) is 18.6 Å². The molecule has 2 heterocycles. The highest BCUT2D eigenvalue weighted by molar-refractivity contribution is 5.15. The summed E-state index contributed by atoms with van der Waals surface area (Å²) >= 11 is 0. The molecule has 2 atom stereocenters. The van der Waals surface area contributed by atoms with Crippen molar-refractivity contribution < 1.29 is 0 Å². The SMILES string of the molecule is N#CCN1CCC[C@@H]1[C@@H]1CCCN1Cc1ccccc1. The molecule has 2 aliphatic rings. The summed E-state index contributed by atoms with van der Waals surface area (Å²) in [4.78, 5) is 5.03. The summed E-state index contributed by atoms with van der Waals surface area (Å²) in [5.74, 6) is 0. The maximum atomic E-state index is 8.98. The summed E-state index contributed by atoms with van der Waals surface area (Å²) in [5.41, 5.74) is 1.41. The van der Waals surface area contributed by atoms with Gasteiger partial charge < -0.3 is 0 Å². The second-order valence-corrected chi connectivity index (χ2v) is 6.00. The van der Waals surface area contributed by atoms with Gasteiger partial charge in [-0.25, -0.2) is 0 Å². The van der Waals surface area contributed by atoms with E-state index in [9.17, 15) is 0 Å². The largest absolute Gasteiger partial charge is 0.295 e. The summed E-state index contributed by atoms with van der Waals surface area (Å²) < 4.78 is 0. The molecule has 0 bridgehead atoms. The van der Waals surface area contributed by atoms with Crippen molar-refractivity contribution in [3.63, 3.8) is 0 Å². The van der Waals surface area contributed by atoms with Gasteiger partial charge in [0, 0.05) is 18.6 Å². The molecular formula is C17H23N3. The fraction of sp³-hybridized carbons (Fsp3) is 0.588. The molecule has 0 aromatic heterocycles. The van der Waals surface area contributed by atoms with Crippen LogP contribution in [0.25, 0.3) is 0 Å². The third kappa shape index (κ3) is 2.87. The van der Waals surface area contributed by atoms with Crippen LogP contribution in [0.15, 0.2) is 30.3 Å². The number of nitriles is 1. The molecule has 0 aliphatic carbocycles. The highest BCUT2D eigenvalue weighted by atomic mass is 15.3. The van der Waals surface area contributed by atoms with E-state index in [1.54, 1.807) is 0 Å². The van der Waals surface area contributed by atoms with Gasteiger partial charge in [-0.15, -0.1) is 0 Å². The standard InChI is InChI=1S/C17H23N3/c18-10-13-19-11-4-8-16(19)17-9-5-12-20(17)14-15-6-2-1-3-7-15/h1-3,6-7,16-17H,4-5,8-9,11-14H2/t16-,17+/m1/s1. The van der Waals surface area contributed by atoms with Crippen molar-refractivity contribution in [3.05, 3.63) is 35.9 Å². The minimum Gasteiger partial charge on any atom is -0.295 e. The first kappa shape index (κ1) is 13.6. The molecule has 3 heteroatoms. The summed E-state index contributed by atoms with van der Waals surface area (Å²) in [5, 5.41) is 8.98. The van der Waals surface area contributed by atoms with Crippen LogP contribution in [0.5, 0.6) is 0 Å². The number of hydrogen-bond donors (Lipinski definition) is 0. The van der Waals surface area contributed by atoms with Crippen LogP contribution in [0.2, 0.25) is 0 Å². The smallest absolute Gasteiger partial charge is 0.0868 e. The Kier molecular flexibility index (Phi) is 4.34. The minimum atomic E-state index is 0.598. The maximum Gasteiger partial charge on any atom is 0.0868 e. The molecule has 20 heavy (non-hydrogen) atoms. The Labute approximate surface area is 121 Å². The molecule has 0 unspecified atom stereocenters. The van der Waals surface area contributed by atoms with E-state index in [1.165, 1.54) is 37.8 Å². The monoisotopic (exact) mass is 269 g/mol. The molecule has 2 fully saturated rings. The fourth-order valence-corrected chi connectivity index (χ4v) is 3.88. The lowest BCUT2D eigenvalue weighted by atomic mass is 10.0. The third-order valence-electron chi connectivity index (χ3n) is 4.77. The van der Waals surface area contributed by atoms with Crippen molar-refractivity contribution in [1.82, 2.24) is 9.80 Å². The topological polar surface area (TPSA) is 30.3 Å². The molecule has 0 spiro atoms. The van der Waals surface area contributed by atoms with Gasteiger partial charge in [-0.2, -0.15) is 5.26 Å². The first-order chi connectivity index (χ1) is 9.88.